The van der Waals surface area contributed by atoms with Crippen molar-refractivity contribution < 1.29 is 28.2 Å². The van der Waals surface area contributed by atoms with Gasteiger partial charge in [0.2, 0.25) is 0 Å². The van der Waals surface area contributed by atoms with Gasteiger partial charge in [0, 0.05) is 13.1 Å². The van der Waals surface area contributed by atoms with Crippen LogP contribution in [-0.2, 0) is 10.0 Å². The third-order valence-electron chi connectivity index (χ3n) is 4.67. The summed E-state index contributed by atoms with van der Waals surface area (Å²) in [5.41, 5.74) is 7.25. The van der Waals surface area contributed by atoms with E-state index in [-0.39, 0.29) is 11.4 Å². The van der Waals surface area contributed by atoms with Crippen molar-refractivity contribution in [3.05, 3.63) is 65.2 Å². The molecule has 11 heteroatoms. The number of aromatic hydroxyl groups is 1. The van der Waals surface area contributed by atoms with Crippen molar-refractivity contribution in [2.75, 3.05) is 30.2 Å². The molecule has 0 amide bonds. The van der Waals surface area contributed by atoms with Crippen LogP contribution in [0.3, 0.4) is 0 Å². The molecule has 0 bridgehead atoms. The Morgan fingerprint density at radius 3 is 2.36 bits per heavy atom. The number of benzene rings is 3. The largest absolute Gasteiger partial charge is 0.505 e. The van der Waals surface area contributed by atoms with Crippen LogP contribution in [0.2, 0.25) is 5.02 Å². The number of rotatable bonds is 9. The average Bonchev–Trinajstić information content (AvgIpc) is 2.79. The number of phenolic OH excluding ortho intramolecular Hbond substituents is 1. The van der Waals surface area contributed by atoms with Crippen LogP contribution in [-0.4, -0.2) is 44.8 Å². The van der Waals surface area contributed by atoms with Crippen LogP contribution in [0.4, 0.5) is 11.4 Å². The highest BCUT2D eigenvalue weighted by Crippen LogP contribution is 2.40. The summed E-state index contributed by atoms with van der Waals surface area (Å²) >= 11 is 5.87. The summed E-state index contributed by atoms with van der Waals surface area (Å²) in [5.74, 6) is -1.98. The van der Waals surface area contributed by atoms with Gasteiger partial charge in [-0.25, -0.2) is 13.2 Å². The highest BCUT2D eigenvalue weighted by Gasteiger charge is 2.26. The first-order valence-electron chi connectivity index (χ1n) is 9.68. The fourth-order valence-electron chi connectivity index (χ4n) is 3.16. The molecule has 9 nitrogen and oxygen atoms in total. The lowest BCUT2D eigenvalue weighted by atomic mass is 10.0. The smallest absolute Gasteiger partial charge is 0.335 e. The van der Waals surface area contributed by atoms with Crippen LogP contribution in [0, 0.1) is 0 Å². The Morgan fingerprint density at radius 1 is 1.09 bits per heavy atom. The first kappa shape index (κ1) is 24.2. The van der Waals surface area contributed by atoms with E-state index >= 15 is 0 Å². The molecule has 0 aliphatic heterocycles. The highest BCUT2D eigenvalue weighted by atomic mass is 35.5. The molecule has 0 aromatic heterocycles. The van der Waals surface area contributed by atoms with Crippen LogP contribution >= 0.6 is 11.6 Å². The Balaban J connectivity index is 2.16. The lowest BCUT2D eigenvalue weighted by Gasteiger charge is -2.19. The van der Waals surface area contributed by atoms with Gasteiger partial charge in [-0.3, -0.25) is 4.72 Å². The second-order valence-corrected chi connectivity index (χ2v) is 8.96. The maximum atomic E-state index is 13.2. The van der Waals surface area contributed by atoms with Gasteiger partial charge < -0.3 is 26.0 Å². The summed E-state index contributed by atoms with van der Waals surface area (Å²) < 4.78 is 34.2. The van der Waals surface area contributed by atoms with Crippen LogP contribution in [0.1, 0.15) is 10.4 Å². The van der Waals surface area contributed by atoms with Crippen molar-refractivity contribution in [2.24, 2.45) is 5.73 Å². The minimum Gasteiger partial charge on any atom is -0.505 e. The Hall–Kier alpha value is -3.47. The minimum atomic E-state index is -4.47. The maximum absolute atomic E-state index is 13.2. The lowest BCUT2D eigenvalue weighted by Crippen LogP contribution is -2.17. The molecular weight excluding hydrogens is 470 g/mol. The van der Waals surface area contributed by atoms with Gasteiger partial charge in [0.25, 0.3) is 10.0 Å². The van der Waals surface area contributed by atoms with E-state index in [1.54, 1.807) is 12.1 Å². The first-order valence-corrected chi connectivity index (χ1v) is 11.5. The standard InChI is InChI=1S/C22H22ClN3O6S/c1-32-21-17(25-8-7-24)10-14(13-5-3-2-4-6-13)11-18(21)26-33(30,31)19-12-15(22(28)29)9-16(23)20(19)27/h2-6,9-12,25-27H,7-8,24H2,1H3,(H,28,29). The van der Waals surface area contributed by atoms with Gasteiger partial charge in [-0.1, -0.05) is 41.9 Å². The molecule has 3 aromatic rings. The van der Waals surface area contributed by atoms with Gasteiger partial charge in [-0.2, -0.15) is 0 Å². The molecule has 0 unspecified atom stereocenters. The van der Waals surface area contributed by atoms with E-state index < -0.39 is 37.2 Å². The lowest BCUT2D eigenvalue weighted by molar-refractivity contribution is 0.0696. The molecule has 3 aromatic carbocycles. The molecule has 174 valence electrons. The zero-order chi connectivity index (χ0) is 24.2. The predicted octanol–water partition coefficient (Wildman–Crippen LogP) is 3.59. The van der Waals surface area contributed by atoms with Gasteiger partial charge >= 0.3 is 5.97 Å². The number of sulfonamides is 1. The summed E-state index contributed by atoms with van der Waals surface area (Å²) in [6.07, 6.45) is 0. The molecule has 0 atom stereocenters. The topological polar surface area (TPSA) is 151 Å². The number of carbonyl (C=O) groups is 1. The number of carboxylic acid groups (broad SMARTS) is 1. The molecule has 6 N–H and O–H groups in total. The number of nitrogens with one attached hydrogen (secondary N) is 2. The SMILES string of the molecule is COc1c(NCCN)cc(-c2ccccc2)cc1NS(=O)(=O)c1cc(C(=O)O)cc(Cl)c1O. The van der Waals surface area contributed by atoms with E-state index in [0.29, 0.717) is 24.3 Å². The predicted molar refractivity (Wildman–Crippen MR) is 127 cm³/mol. The molecule has 0 saturated heterocycles. The van der Waals surface area contributed by atoms with Crippen molar-refractivity contribution in [3.8, 4) is 22.6 Å². The van der Waals surface area contributed by atoms with Crippen LogP contribution < -0.4 is 20.5 Å². The second-order valence-electron chi connectivity index (χ2n) is 6.90. The number of nitrogens with two attached hydrogens (primary N) is 1. The number of hydrogen-bond acceptors (Lipinski definition) is 7. The van der Waals surface area contributed by atoms with Crippen molar-refractivity contribution in [1.29, 1.82) is 0 Å². The van der Waals surface area contributed by atoms with Gasteiger partial charge in [-0.05, 0) is 35.4 Å². The molecule has 0 saturated carbocycles. The fraction of sp³-hybridized carbons (Fsp3) is 0.136. The van der Waals surface area contributed by atoms with E-state index in [1.807, 2.05) is 30.3 Å². The molecule has 0 radical (unpaired) electrons. The molecule has 3 rings (SSSR count). The third kappa shape index (κ3) is 5.30. The molecule has 0 spiro atoms. The van der Waals surface area contributed by atoms with E-state index in [4.69, 9.17) is 22.1 Å². The summed E-state index contributed by atoms with van der Waals surface area (Å²) in [7, 11) is -3.09. The van der Waals surface area contributed by atoms with Crippen LogP contribution in [0.25, 0.3) is 11.1 Å². The molecule has 0 fully saturated rings. The zero-order valence-corrected chi connectivity index (χ0v) is 19.1. The number of carboxylic acids is 1. The van der Waals surface area contributed by atoms with Gasteiger partial charge in [-0.15, -0.1) is 0 Å². The van der Waals surface area contributed by atoms with E-state index in [9.17, 15) is 23.4 Å². The minimum absolute atomic E-state index is 0.0645. The van der Waals surface area contributed by atoms with Crippen molar-refractivity contribution in [3.63, 3.8) is 0 Å². The van der Waals surface area contributed by atoms with Gasteiger partial charge in [0.05, 0.1) is 29.1 Å². The van der Waals surface area contributed by atoms with Crippen LogP contribution in [0.15, 0.2) is 59.5 Å². The van der Waals surface area contributed by atoms with E-state index in [2.05, 4.69) is 10.0 Å². The monoisotopic (exact) mass is 491 g/mol. The molecular formula is C22H22ClN3O6S. The van der Waals surface area contributed by atoms with Gasteiger partial charge in [0.1, 0.15) is 4.90 Å². The average molecular weight is 492 g/mol. The number of ether oxygens (including phenoxy) is 1. The number of halogens is 1. The highest BCUT2D eigenvalue weighted by molar-refractivity contribution is 7.92. The molecule has 0 aliphatic rings. The Labute approximate surface area is 195 Å². The summed E-state index contributed by atoms with van der Waals surface area (Å²) in [6.45, 7) is 0.728. The molecule has 0 heterocycles. The van der Waals surface area contributed by atoms with Gasteiger partial charge in [0.15, 0.2) is 11.5 Å². The zero-order valence-electron chi connectivity index (χ0n) is 17.5. The van der Waals surface area contributed by atoms with Crippen molar-refractivity contribution in [1.82, 2.24) is 0 Å². The fourth-order valence-corrected chi connectivity index (χ4v) is 4.63. The first-order chi connectivity index (χ1) is 15.7. The molecule has 0 aliphatic carbocycles. The second kappa shape index (κ2) is 9.99. The number of hydrogen-bond donors (Lipinski definition) is 5. The number of aromatic carboxylic acids is 1. The van der Waals surface area contributed by atoms with E-state index in [0.717, 1.165) is 17.7 Å². The number of methoxy groups -OCH3 is 1. The van der Waals surface area contributed by atoms with Crippen molar-refractivity contribution >= 4 is 39.0 Å². The molecule has 33 heavy (non-hydrogen) atoms. The summed E-state index contributed by atoms with van der Waals surface area (Å²) in [6, 6.07) is 14.4. The Bertz CT molecular complexity index is 1280. The Kier molecular flexibility index (Phi) is 7.32. The van der Waals surface area contributed by atoms with Crippen LogP contribution in [0.5, 0.6) is 11.5 Å². The van der Waals surface area contributed by atoms with E-state index in [1.165, 1.54) is 7.11 Å². The van der Waals surface area contributed by atoms with Crippen molar-refractivity contribution in [2.45, 2.75) is 4.90 Å². The number of anilines is 2. The maximum Gasteiger partial charge on any atom is 0.335 e. The Morgan fingerprint density at radius 2 is 1.76 bits per heavy atom. The normalized spacial score (nSPS) is 11.1. The summed E-state index contributed by atoms with van der Waals surface area (Å²) in [5, 5.41) is 22.2. The quantitative estimate of drug-likeness (QED) is 0.304. The third-order valence-corrected chi connectivity index (χ3v) is 6.34. The summed E-state index contributed by atoms with van der Waals surface area (Å²) in [4.78, 5) is 10.7. The number of phenols is 1.